The van der Waals surface area contributed by atoms with Crippen LogP contribution in [0.4, 0.5) is 11.4 Å². The van der Waals surface area contributed by atoms with E-state index >= 15 is 0 Å². The van der Waals surface area contributed by atoms with Gasteiger partial charge in [0.1, 0.15) is 12.4 Å². The maximum atomic E-state index is 6.07. The molecule has 0 radical (unpaired) electrons. The fourth-order valence-electron chi connectivity index (χ4n) is 4.94. The van der Waals surface area contributed by atoms with Crippen molar-refractivity contribution in [3.63, 3.8) is 0 Å². The zero-order valence-electron chi connectivity index (χ0n) is 17.3. The maximum absolute atomic E-state index is 6.07. The molecular formula is C25H30N2O2. The Balaban J connectivity index is 1.37. The summed E-state index contributed by atoms with van der Waals surface area (Å²) < 4.78 is 11.8. The van der Waals surface area contributed by atoms with Crippen LogP contribution in [-0.2, 0) is 4.74 Å². The minimum Gasteiger partial charge on any atom is -0.491 e. The second-order valence-electron chi connectivity index (χ2n) is 8.66. The highest BCUT2D eigenvalue weighted by Crippen LogP contribution is 2.50. The van der Waals surface area contributed by atoms with E-state index < -0.39 is 0 Å². The van der Waals surface area contributed by atoms with E-state index in [0.29, 0.717) is 24.5 Å². The number of fused-ring (bicyclic) bond motifs is 3. The lowest BCUT2D eigenvalue weighted by Crippen LogP contribution is -2.29. The van der Waals surface area contributed by atoms with Gasteiger partial charge >= 0.3 is 0 Å². The highest BCUT2D eigenvalue weighted by molar-refractivity contribution is 5.62. The summed E-state index contributed by atoms with van der Waals surface area (Å²) in [6.07, 6.45) is 8.33. The lowest BCUT2D eigenvalue weighted by atomic mass is 9.77. The summed E-state index contributed by atoms with van der Waals surface area (Å²) in [5.74, 6) is 1.94. The number of rotatable bonds is 5. The molecule has 0 bridgehead atoms. The van der Waals surface area contributed by atoms with Crippen molar-refractivity contribution in [2.45, 2.75) is 37.3 Å². The summed E-state index contributed by atoms with van der Waals surface area (Å²) in [4.78, 5) is 2.14. The van der Waals surface area contributed by atoms with Crippen LogP contribution < -0.4 is 15.0 Å². The number of nitrogens with one attached hydrogen (secondary N) is 1. The molecule has 1 aliphatic carbocycles. The first-order valence-electron chi connectivity index (χ1n) is 10.8. The van der Waals surface area contributed by atoms with Crippen LogP contribution in [0, 0.1) is 5.92 Å². The third-order valence-electron chi connectivity index (χ3n) is 6.56. The van der Waals surface area contributed by atoms with Crippen molar-refractivity contribution in [2.75, 3.05) is 37.5 Å². The fraction of sp³-hybridized carbons (Fsp3) is 0.440. The molecule has 5 rings (SSSR count). The molecule has 4 unspecified atom stereocenters. The van der Waals surface area contributed by atoms with Crippen LogP contribution in [-0.4, -0.2) is 33.4 Å². The van der Waals surface area contributed by atoms with Crippen LogP contribution >= 0.6 is 0 Å². The highest BCUT2D eigenvalue weighted by Gasteiger charge is 2.38. The molecule has 0 spiro atoms. The van der Waals surface area contributed by atoms with Gasteiger partial charge in [0.15, 0.2) is 0 Å². The molecule has 1 saturated heterocycles. The van der Waals surface area contributed by atoms with Crippen molar-refractivity contribution in [1.82, 2.24) is 0 Å². The summed E-state index contributed by atoms with van der Waals surface area (Å²) in [6.45, 7) is 1.52. The van der Waals surface area contributed by atoms with Gasteiger partial charge in [0.25, 0.3) is 0 Å². The molecule has 0 amide bonds. The number of hydrogen-bond donors (Lipinski definition) is 1. The van der Waals surface area contributed by atoms with Crippen LogP contribution in [0.3, 0.4) is 0 Å². The van der Waals surface area contributed by atoms with Gasteiger partial charge in [0.05, 0.1) is 12.1 Å². The first kappa shape index (κ1) is 18.6. The van der Waals surface area contributed by atoms with E-state index in [1.54, 1.807) is 0 Å². The van der Waals surface area contributed by atoms with E-state index in [-0.39, 0.29) is 6.10 Å². The molecule has 29 heavy (non-hydrogen) atoms. The zero-order valence-corrected chi connectivity index (χ0v) is 17.3. The first-order chi connectivity index (χ1) is 14.2. The Bertz CT molecular complexity index is 884. The molecule has 4 heteroatoms. The minimum absolute atomic E-state index is 0.248. The maximum Gasteiger partial charge on any atom is 0.119 e. The molecule has 1 N–H and O–H groups in total. The predicted octanol–water partition coefficient (Wildman–Crippen LogP) is 5.14. The number of allylic oxidation sites excluding steroid dienone is 2. The van der Waals surface area contributed by atoms with E-state index in [2.05, 4.69) is 78.9 Å². The van der Waals surface area contributed by atoms with E-state index in [1.165, 1.54) is 22.5 Å². The molecule has 1 fully saturated rings. The molecule has 3 aliphatic rings. The van der Waals surface area contributed by atoms with Crippen LogP contribution in [0.25, 0.3) is 0 Å². The SMILES string of the molecule is CN(C)c1ccc(C2Nc3ccc(OCC4CCCO4)cc3C3C=CCC32)cc1. The standard InChI is InChI=1S/C25H30N2O2/c1-27(2)18-10-8-17(9-11-18)25-22-7-3-6-21(22)23-15-19(12-13-24(23)26-25)29-16-20-5-4-14-28-20/h3,6,8-13,15,20-22,25-26H,4-5,7,14,16H2,1-2H3. The Kier molecular flexibility index (Phi) is 4.96. The molecule has 2 aromatic carbocycles. The molecule has 152 valence electrons. The fourth-order valence-corrected chi connectivity index (χ4v) is 4.94. The topological polar surface area (TPSA) is 33.7 Å². The Hall–Kier alpha value is -2.46. The number of benzene rings is 2. The summed E-state index contributed by atoms with van der Waals surface area (Å²) in [6, 6.07) is 15.8. The first-order valence-corrected chi connectivity index (χ1v) is 10.8. The van der Waals surface area contributed by atoms with Crippen molar-refractivity contribution in [3.8, 4) is 5.75 Å². The number of anilines is 2. The van der Waals surface area contributed by atoms with Gasteiger partial charge in [0, 0.05) is 38.0 Å². The third-order valence-corrected chi connectivity index (χ3v) is 6.56. The van der Waals surface area contributed by atoms with Crippen molar-refractivity contribution >= 4 is 11.4 Å². The summed E-state index contributed by atoms with van der Waals surface area (Å²) in [7, 11) is 4.17. The van der Waals surface area contributed by atoms with E-state index in [0.717, 1.165) is 31.6 Å². The Labute approximate surface area is 173 Å². The van der Waals surface area contributed by atoms with Gasteiger partial charge in [-0.25, -0.2) is 0 Å². The monoisotopic (exact) mass is 390 g/mol. The molecule has 0 aromatic heterocycles. The van der Waals surface area contributed by atoms with Gasteiger partial charge < -0.3 is 19.7 Å². The molecule has 2 aliphatic heterocycles. The van der Waals surface area contributed by atoms with Gasteiger partial charge in [-0.15, -0.1) is 0 Å². The van der Waals surface area contributed by atoms with Crippen LogP contribution in [0.2, 0.25) is 0 Å². The Morgan fingerprint density at radius 2 is 2.00 bits per heavy atom. The third kappa shape index (κ3) is 3.62. The molecule has 0 saturated carbocycles. The van der Waals surface area contributed by atoms with Crippen molar-refractivity contribution in [1.29, 1.82) is 0 Å². The molecule has 4 nitrogen and oxygen atoms in total. The number of hydrogen-bond acceptors (Lipinski definition) is 4. The summed E-state index contributed by atoms with van der Waals surface area (Å²) in [5, 5.41) is 3.82. The number of ether oxygens (including phenoxy) is 2. The van der Waals surface area contributed by atoms with Crippen molar-refractivity contribution in [3.05, 3.63) is 65.7 Å². The predicted molar refractivity (Wildman–Crippen MR) is 118 cm³/mol. The normalized spacial score (nSPS) is 27.2. The van der Waals surface area contributed by atoms with Gasteiger partial charge in [0.2, 0.25) is 0 Å². The average molecular weight is 391 g/mol. The average Bonchev–Trinajstić information content (AvgIpc) is 3.44. The lowest BCUT2D eigenvalue weighted by molar-refractivity contribution is 0.0679. The molecular weight excluding hydrogens is 360 g/mol. The smallest absolute Gasteiger partial charge is 0.119 e. The Morgan fingerprint density at radius 1 is 1.14 bits per heavy atom. The van der Waals surface area contributed by atoms with E-state index in [4.69, 9.17) is 9.47 Å². The van der Waals surface area contributed by atoms with Crippen LogP contribution in [0.1, 0.15) is 42.3 Å². The largest absolute Gasteiger partial charge is 0.491 e. The van der Waals surface area contributed by atoms with Crippen molar-refractivity contribution < 1.29 is 9.47 Å². The summed E-state index contributed by atoms with van der Waals surface area (Å²) in [5.41, 5.74) is 5.18. The van der Waals surface area contributed by atoms with Gasteiger partial charge in [-0.05, 0) is 66.6 Å². The second kappa shape index (κ2) is 7.75. The van der Waals surface area contributed by atoms with Gasteiger partial charge in [-0.3, -0.25) is 0 Å². The second-order valence-corrected chi connectivity index (χ2v) is 8.66. The van der Waals surface area contributed by atoms with Gasteiger partial charge in [-0.2, -0.15) is 0 Å². The van der Waals surface area contributed by atoms with Gasteiger partial charge in [-0.1, -0.05) is 24.3 Å². The number of nitrogens with zero attached hydrogens (tertiary/aromatic N) is 1. The molecule has 4 atom stereocenters. The lowest BCUT2D eigenvalue weighted by Gasteiger charge is -2.37. The molecule has 2 heterocycles. The highest BCUT2D eigenvalue weighted by atomic mass is 16.5. The van der Waals surface area contributed by atoms with E-state index in [9.17, 15) is 0 Å². The quantitative estimate of drug-likeness (QED) is 0.717. The minimum atomic E-state index is 0.248. The molecule has 2 aromatic rings. The Morgan fingerprint density at radius 3 is 2.76 bits per heavy atom. The van der Waals surface area contributed by atoms with E-state index in [1.807, 2.05) is 0 Å². The van der Waals surface area contributed by atoms with Crippen molar-refractivity contribution in [2.24, 2.45) is 5.92 Å². The van der Waals surface area contributed by atoms with Crippen LogP contribution in [0.15, 0.2) is 54.6 Å². The zero-order chi connectivity index (χ0) is 19.8. The summed E-state index contributed by atoms with van der Waals surface area (Å²) >= 11 is 0. The van der Waals surface area contributed by atoms with Crippen LogP contribution in [0.5, 0.6) is 5.75 Å².